The topological polar surface area (TPSA) is 71.3 Å². The highest BCUT2D eigenvalue weighted by Gasteiger charge is 2.11. The Morgan fingerprint density at radius 3 is 2.82 bits per heavy atom. The number of thiol groups is 1. The molecule has 7 heteroatoms. The highest BCUT2D eigenvalue weighted by Crippen LogP contribution is 2.03. The van der Waals surface area contributed by atoms with Crippen LogP contribution in [0.1, 0.15) is 18.9 Å². The van der Waals surface area contributed by atoms with Gasteiger partial charge in [0.1, 0.15) is 0 Å². The van der Waals surface area contributed by atoms with Gasteiger partial charge in [0.2, 0.25) is 0 Å². The van der Waals surface area contributed by atoms with Crippen LogP contribution >= 0.6 is 12.9 Å². The van der Waals surface area contributed by atoms with Crippen LogP contribution in [0, 0.1) is 0 Å². The van der Waals surface area contributed by atoms with E-state index < -0.39 is 7.12 Å². The maximum atomic E-state index is 9.05. The molecule has 0 heterocycles. The zero-order valence-corrected chi connectivity index (χ0v) is 10.3. The fourth-order valence-corrected chi connectivity index (χ4v) is 1.42. The van der Waals surface area contributed by atoms with Gasteiger partial charge in [-0.3, -0.25) is 0 Å². The Bertz CT molecular complexity index is 386. The predicted octanol–water partition coefficient (Wildman–Crippen LogP) is 0.468. The quantitative estimate of drug-likeness (QED) is 0.172. The van der Waals surface area contributed by atoms with E-state index in [0.29, 0.717) is 18.3 Å². The van der Waals surface area contributed by atoms with Gasteiger partial charge < -0.3 is 10.0 Å². The summed E-state index contributed by atoms with van der Waals surface area (Å²) < 4.78 is 4.10. The molecule has 0 unspecified atom stereocenters. The molecule has 5 nitrogen and oxygen atoms in total. The third kappa shape index (κ3) is 4.78. The van der Waals surface area contributed by atoms with Crippen LogP contribution in [0.15, 0.2) is 29.4 Å². The van der Waals surface area contributed by atoms with Gasteiger partial charge in [-0.1, -0.05) is 40.7 Å². The van der Waals surface area contributed by atoms with Gasteiger partial charge in [0.05, 0.1) is 5.71 Å². The normalized spacial score (nSPS) is 11.4. The van der Waals surface area contributed by atoms with Gasteiger partial charge in [-0.05, 0) is 17.4 Å². The van der Waals surface area contributed by atoms with E-state index in [1.807, 2.05) is 13.0 Å². The van der Waals surface area contributed by atoms with E-state index >= 15 is 0 Å². The molecule has 17 heavy (non-hydrogen) atoms. The van der Waals surface area contributed by atoms with Crippen molar-refractivity contribution >= 4 is 31.2 Å². The van der Waals surface area contributed by atoms with Crippen molar-refractivity contribution in [3.8, 4) is 0 Å². The lowest BCUT2D eigenvalue weighted by molar-refractivity contribution is -0.188. The van der Waals surface area contributed by atoms with Crippen LogP contribution in [-0.4, -0.2) is 22.9 Å². The maximum Gasteiger partial charge on any atom is 0.488 e. The Kier molecular flexibility index (Phi) is 6.06. The minimum Gasteiger partial charge on any atom is -0.423 e. The molecular weight excluding hydrogens is 241 g/mol. The molecule has 0 bridgehead atoms. The van der Waals surface area contributed by atoms with E-state index in [2.05, 4.69) is 27.4 Å². The third-order valence-electron chi connectivity index (χ3n) is 2.27. The summed E-state index contributed by atoms with van der Waals surface area (Å²) in [6.45, 7) is 1.94. The fourth-order valence-electron chi connectivity index (χ4n) is 1.39. The summed E-state index contributed by atoms with van der Waals surface area (Å²) in [5, 5.41) is 21.8. The van der Waals surface area contributed by atoms with Crippen LogP contribution in [0.3, 0.4) is 0 Å². The molecule has 1 aromatic carbocycles. The second kappa shape index (κ2) is 7.34. The summed E-state index contributed by atoms with van der Waals surface area (Å²) in [7, 11) is -1.46. The van der Waals surface area contributed by atoms with E-state index in [1.54, 1.807) is 18.2 Å². The number of hydrogen-bond acceptors (Lipinski definition) is 6. The molecule has 2 N–H and O–H groups in total. The highest BCUT2D eigenvalue weighted by atomic mass is 32.1. The van der Waals surface area contributed by atoms with Crippen molar-refractivity contribution in [2.75, 3.05) is 0 Å². The number of oxime groups is 1. The highest BCUT2D eigenvalue weighted by molar-refractivity contribution is 7.74. The Morgan fingerprint density at radius 2 is 2.24 bits per heavy atom. The summed E-state index contributed by atoms with van der Waals surface area (Å²) in [6, 6.07) is 6.98. The molecule has 0 aliphatic rings. The third-order valence-corrected chi connectivity index (χ3v) is 2.33. The van der Waals surface area contributed by atoms with Crippen LogP contribution in [-0.2, 0) is 15.7 Å². The van der Waals surface area contributed by atoms with Crippen LogP contribution in [0.5, 0.6) is 0 Å². The largest absolute Gasteiger partial charge is 0.488 e. The summed E-state index contributed by atoms with van der Waals surface area (Å²) in [4.78, 5) is 4.39. The van der Waals surface area contributed by atoms with Crippen molar-refractivity contribution in [2.24, 2.45) is 5.16 Å². The standard InChI is InChI=1S/C10H14BNO4S/c1-2-10(12-15-16-17)7-8-4-3-5-9(6-8)11(13)14/h3-6,13-14,17H,2,7H2,1H3/b12-10+. The molecule has 0 aliphatic carbocycles. The molecule has 1 rings (SSSR count). The zero-order chi connectivity index (χ0) is 12.7. The molecule has 0 atom stereocenters. The first-order valence-electron chi connectivity index (χ1n) is 5.15. The lowest BCUT2D eigenvalue weighted by Crippen LogP contribution is -2.30. The SMILES string of the molecule is CC/C(Cc1cccc(B(O)O)c1)=N\OOS. The monoisotopic (exact) mass is 255 g/mol. The Balaban J connectivity index is 2.76. The molecule has 0 aliphatic heterocycles. The van der Waals surface area contributed by atoms with E-state index in [0.717, 1.165) is 11.3 Å². The van der Waals surface area contributed by atoms with E-state index in [-0.39, 0.29) is 0 Å². The van der Waals surface area contributed by atoms with Gasteiger partial charge in [0, 0.05) is 19.3 Å². The fraction of sp³-hybridized carbons (Fsp3) is 0.300. The van der Waals surface area contributed by atoms with Gasteiger partial charge >= 0.3 is 7.12 Å². The van der Waals surface area contributed by atoms with Crippen molar-refractivity contribution in [1.29, 1.82) is 0 Å². The molecule has 1 aromatic rings. The first-order valence-corrected chi connectivity index (χ1v) is 5.51. The summed E-state index contributed by atoms with van der Waals surface area (Å²) >= 11 is 3.41. The van der Waals surface area contributed by atoms with E-state index in [4.69, 9.17) is 10.0 Å². The molecule has 92 valence electrons. The first kappa shape index (κ1) is 14.0. The van der Waals surface area contributed by atoms with Crippen molar-refractivity contribution in [3.05, 3.63) is 29.8 Å². The Labute approximate surface area is 106 Å². The van der Waals surface area contributed by atoms with Gasteiger partial charge in [0.15, 0.2) is 0 Å². The molecule has 0 saturated heterocycles. The number of hydrogen-bond donors (Lipinski definition) is 3. The molecule has 0 spiro atoms. The van der Waals surface area contributed by atoms with Crippen LogP contribution in [0.4, 0.5) is 0 Å². The van der Waals surface area contributed by atoms with E-state index in [9.17, 15) is 0 Å². The average Bonchev–Trinajstić information content (AvgIpc) is 2.34. The Morgan fingerprint density at radius 1 is 1.47 bits per heavy atom. The smallest absolute Gasteiger partial charge is 0.423 e. The second-order valence-corrected chi connectivity index (χ2v) is 3.60. The molecule has 0 fully saturated rings. The lowest BCUT2D eigenvalue weighted by atomic mass is 9.79. The average molecular weight is 255 g/mol. The van der Waals surface area contributed by atoms with Gasteiger partial charge in [-0.2, -0.15) is 0 Å². The summed E-state index contributed by atoms with van der Waals surface area (Å²) in [5.41, 5.74) is 2.13. The maximum absolute atomic E-state index is 9.05. The molecule has 0 aromatic heterocycles. The minimum atomic E-state index is -1.46. The lowest BCUT2D eigenvalue weighted by Gasteiger charge is -2.05. The molecule has 0 radical (unpaired) electrons. The summed E-state index contributed by atoms with van der Waals surface area (Å²) in [5.74, 6) is 0. The van der Waals surface area contributed by atoms with Crippen molar-refractivity contribution < 1.29 is 19.4 Å². The Hall–Kier alpha value is -1.02. The molecule has 0 amide bonds. The van der Waals surface area contributed by atoms with Crippen LogP contribution in [0.25, 0.3) is 0 Å². The van der Waals surface area contributed by atoms with Crippen LogP contribution in [0.2, 0.25) is 0 Å². The number of nitrogens with zero attached hydrogens (tertiary/aromatic N) is 1. The van der Waals surface area contributed by atoms with Crippen LogP contribution < -0.4 is 5.46 Å². The molecule has 0 saturated carbocycles. The molecular formula is C10H14BNO4S. The van der Waals surface area contributed by atoms with Crippen molar-refractivity contribution in [1.82, 2.24) is 0 Å². The van der Waals surface area contributed by atoms with Gasteiger partial charge in [0.25, 0.3) is 0 Å². The van der Waals surface area contributed by atoms with E-state index in [1.165, 1.54) is 0 Å². The van der Waals surface area contributed by atoms with Gasteiger partial charge in [-0.25, -0.2) is 4.99 Å². The number of benzene rings is 1. The number of rotatable bonds is 6. The van der Waals surface area contributed by atoms with Crippen molar-refractivity contribution in [3.63, 3.8) is 0 Å². The zero-order valence-electron chi connectivity index (χ0n) is 9.41. The van der Waals surface area contributed by atoms with Gasteiger partial charge in [-0.15, -0.1) is 0 Å². The predicted molar refractivity (Wildman–Crippen MR) is 68.9 cm³/mol. The summed E-state index contributed by atoms with van der Waals surface area (Å²) in [6.07, 6.45) is 1.25. The first-order chi connectivity index (χ1) is 8.17. The minimum absolute atomic E-state index is 0.448. The van der Waals surface area contributed by atoms with Crippen molar-refractivity contribution in [2.45, 2.75) is 19.8 Å². The second-order valence-electron chi connectivity index (χ2n) is 3.46.